The van der Waals surface area contributed by atoms with Crippen LogP contribution in [0.2, 0.25) is 5.02 Å². The number of unbranched alkanes of at least 4 members (excludes halogenated alkanes) is 1. The zero-order valence-corrected chi connectivity index (χ0v) is 15.5. The normalized spacial score (nSPS) is 11.9. The molecule has 7 heteroatoms. The van der Waals surface area contributed by atoms with Crippen molar-refractivity contribution >= 4 is 35.1 Å². The molecule has 0 saturated carbocycles. The van der Waals surface area contributed by atoms with Crippen LogP contribution in [0.4, 0.5) is 5.69 Å². The van der Waals surface area contributed by atoms with Crippen LogP contribution in [0.5, 0.6) is 0 Å². The average Bonchev–Trinajstić information content (AvgIpc) is 2.51. The lowest BCUT2D eigenvalue weighted by atomic mass is 10.1. The van der Waals surface area contributed by atoms with Gasteiger partial charge in [-0.2, -0.15) is 0 Å². The van der Waals surface area contributed by atoms with Crippen molar-refractivity contribution in [2.24, 2.45) is 5.92 Å². The summed E-state index contributed by atoms with van der Waals surface area (Å²) in [7, 11) is 0. The molecule has 2 amide bonds. The van der Waals surface area contributed by atoms with E-state index in [1.165, 1.54) is 12.1 Å². The molecule has 6 nitrogen and oxygen atoms in total. The van der Waals surface area contributed by atoms with E-state index >= 15 is 0 Å². The fourth-order valence-corrected chi connectivity index (χ4v) is 2.46. The van der Waals surface area contributed by atoms with E-state index in [2.05, 4.69) is 10.6 Å². The first-order chi connectivity index (χ1) is 11.7. The molecule has 0 bridgehead atoms. The van der Waals surface area contributed by atoms with Gasteiger partial charge in [-0.05, 0) is 30.5 Å². The molecule has 0 saturated heterocycles. The number of aliphatic carboxylic acids is 1. The average molecular weight is 369 g/mol. The maximum atomic E-state index is 12.4. The third-order valence-corrected chi connectivity index (χ3v) is 3.87. The molecule has 0 radical (unpaired) electrons. The van der Waals surface area contributed by atoms with E-state index in [9.17, 15) is 19.5 Å². The van der Waals surface area contributed by atoms with Gasteiger partial charge >= 0.3 is 5.97 Å². The topological polar surface area (TPSA) is 95.5 Å². The molecule has 1 rings (SSSR count). The minimum atomic E-state index is -1.08. The summed E-state index contributed by atoms with van der Waals surface area (Å²) in [6.07, 6.45) is 2.23. The molecule has 1 atom stereocenters. The highest BCUT2D eigenvalue weighted by atomic mass is 35.5. The van der Waals surface area contributed by atoms with E-state index < -0.39 is 17.9 Å². The number of carboxylic acid groups (broad SMARTS) is 1. The first-order valence-electron chi connectivity index (χ1n) is 8.37. The van der Waals surface area contributed by atoms with Crippen LogP contribution in [0.3, 0.4) is 0 Å². The number of halogens is 1. The van der Waals surface area contributed by atoms with Gasteiger partial charge in [-0.1, -0.05) is 45.2 Å². The van der Waals surface area contributed by atoms with Crippen molar-refractivity contribution in [2.45, 2.75) is 52.5 Å². The van der Waals surface area contributed by atoms with Gasteiger partial charge in [-0.3, -0.25) is 9.59 Å². The highest BCUT2D eigenvalue weighted by molar-refractivity contribution is 6.34. The number of carbonyl (C=O) groups excluding carboxylic acids is 2. The first-order valence-corrected chi connectivity index (χ1v) is 8.75. The number of hydrogen-bond acceptors (Lipinski definition) is 3. The number of nitrogens with one attached hydrogen (secondary N) is 2. The Hall–Kier alpha value is -2.08. The van der Waals surface area contributed by atoms with Crippen molar-refractivity contribution in [2.75, 3.05) is 5.32 Å². The molecule has 25 heavy (non-hydrogen) atoms. The summed E-state index contributed by atoms with van der Waals surface area (Å²) in [5.41, 5.74) is 0.576. The molecule has 0 aromatic heterocycles. The standard InChI is InChI=1S/C18H25ClN2O4/c1-4-5-6-15(18(24)25)21-17(23)13-10-12(7-8-14(13)19)20-16(22)9-11(2)3/h7-8,10-11,15H,4-6,9H2,1-3H3,(H,20,22)(H,21,23)(H,24,25). The van der Waals surface area contributed by atoms with E-state index in [-0.39, 0.29) is 22.4 Å². The van der Waals surface area contributed by atoms with Crippen LogP contribution in [0, 0.1) is 5.92 Å². The summed E-state index contributed by atoms with van der Waals surface area (Å²) in [5, 5.41) is 14.6. The van der Waals surface area contributed by atoms with Gasteiger partial charge in [0, 0.05) is 12.1 Å². The summed E-state index contributed by atoms with van der Waals surface area (Å²) < 4.78 is 0. The number of amides is 2. The number of carbonyl (C=O) groups is 3. The molecule has 0 fully saturated rings. The van der Waals surface area contributed by atoms with Crippen LogP contribution >= 0.6 is 11.6 Å². The van der Waals surface area contributed by atoms with Gasteiger partial charge in [-0.25, -0.2) is 4.79 Å². The van der Waals surface area contributed by atoms with Gasteiger partial charge in [0.15, 0.2) is 0 Å². The van der Waals surface area contributed by atoms with Gasteiger partial charge in [-0.15, -0.1) is 0 Å². The van der Waals surface area contributed by atoms with Crippen LogP contribution in [-0.2, 0) is 9.59 Å². The number of anilines is 1. The molecule has 0 aliphatic heterocycles. The van der Waals surface area contributed by atoms with E-state index in [1.54, 1.807) is 6.07 Å². The lowest BCUT2D eigenvalue weighted by Gasteiger charge is -2.15. The second kappa shape index (κ2) is 10.0. The van der Waals surface area contributed by atoms with Gasteiger partial charge in [0.05, 0.1) is 10.6 Å². The number of benzene rings is 1. The Bertz CT molecular complexity index is 632. The maximum absolute atomic E-state index is 12.4. The molecule has 1 aromatic carbocycles. The molecule has 3 N–H and O–H groups in total. The Kier molecular flexibility index (Phi) is 8.41. The van der Waals surface area contributed by atoms with Gasteiger partial charge in [0.1, 0.15) is 6.04 Å². The largest absolute Gasteiger partial charge is 0.480 e. The Morgan fingerprint density at radius 3 is 2.48 bits per heavy atom. The van der Waals surface area contributed by atoms with Crippen LogP contribution in [0.1, 0.15) is 56.8 Å². The Morgan fingerprint density at radius 1 is 1.24 bits per heavy atom. The summed E-state index contributed by atoms with van der Waals surface area (Å²) in [6, 6.07) is 3.59. The summed E-state index contributed by atoms with van der Waals surface area (Å²) in [5.74, 6) is -1.60. The highest BCUT2D eigenvalue weighted by Gasteiger charge is 2.21. The van der Waals surface area contributed by atoms with Crippen molar-refractivity contribution in [3.05, 3.63) is 28.8 Å². The van der Waals surface area contributed by atoms with Crippen molar-refractivity contribution in [3.63, 3.8) is 0 Å². The minimum Gasteiger partial charge on any atom is -0.480 e. The third kappa shape index (κ3) is 7.13. The molecule has 0 spiro atoms. The van der Waals surface area contributed by atoms with Crippen molar-refractivity contribution < 1.29 is 19.5 Å². The minimum absolute atomic E-state index is 0.131. The third-order valence-electron chi connectivity index (χ3n) is 3.54. The first kappa shape index (κ1) is 21.0. The maximum Gasteiger partial charge on any atom is 0.326 e. The zero-order valence-electron chi connectivity index (χ0n) is 14.8. The molecule has 0 aliphatic carbocycles. The summed E-state index contributed by atoms with van der Waals surface area (Å²) in [4.78, 5) is 35.5. The van der Waals surface area contributed by atoms with Crippen LogP contribution in [0.15, 0.2) is 18.2 Å². The molecule has 1 aromatic rings. The van der Waals surface area contributed by atoms with E-state index in [0.717, 1.165) is 6.42 Å². The van der Waals surface area contributed by atoms with E-state index in [1.807, 2.05) is 20.8 Å². The Labute approximate surface area is 152 Å². The number of rotatable bonds is 9. The van der Waals surface area contributed by atoms with Crippen LogP contribution < -0.4 is 10.6 Å². The lowest BCUT2D eigenvalue weighted by Crippen LogP contribution is -2.40. The van der Waals surface area contributed by atoms with Crippen molar-refractivity contribution in [3.8, 4) is 0 Å². The van der Waals surface area contributed by atoms with Crippen molar-refractivity contribution in [1.29, 1.82) is 0 Å². The quantitative estimate of drug-likeness (QED) is 0.619. The molecular weight excluding hydrogens is 344 g/mol. The highest BCUT2D eigenvalue weighted by Crippen LogP contribution is 2.21. The van der Waals surface area contributed by atoms with Gasteiger partial charge in [0.2, 0.25) is 5.91 Å². The number of hydrogen-bond donors (Lipinski definition) is 3. The lowest BCUT2D eigenvalue weighted by molar-refractivity contribution is -0.139. The summed E-state index contributed by atoms with van der Waals surface area (Å²) >= 11 is 6.06. The Balaban J connectivity index is 2.88. The van der Waals surface area contributed by atoms with Gasteiger partial charge in [0.25, 0.3) is 5.91 Å². The predicted octanol–water partition coefficient (Wildman–Crippen LogP) is 3.70. The SMILES string of the molecule is CCCCC(NC(=O)c1cc(NC(=O)CC(C)C)ccc1Cl)C(=O)O. The van der Waals surface area contributed by atoms with Gasteiger partial charge < -0.3 is 15.7 Å². The molecular formula is C18H25ClN2O4. The fraction of sp³-hybridized carbons (Fsp3) is 0.500. The van der Waals surface area contributed by atoms with Crippen LogP contribution in [-0.4, -0.2) is 28.9 Å². The molecule has 0 heterocycles. The van der Waals surface area contributed by atoms with E-state index in [4.69, 9.17) is 11.6 Å². The van der Waals surface area contributed by atoms with Crippen LogP contribution in [0.25, 0.3) is 0 Å². The predicted molar refractivity (Wildman–Crippen MR) is 98.0 cm³/mol. The van der Waals surface area contributed by atoms with Crippen molar-refractivity contribution in [1.82, 2.24) is 5.32 Å². The number of carboxylic acids is 1. The second-order valence-corrected chi connectivity index (χ2v) is 6.75. The van der Waals surface area contributed by atoms with E-state index in [0.29, 0.717) is 24.9 Å². The smallest absolute Gasteiger partial charge is 0.326 e. The summed E-state index contributed by atoms with van der Waals surface area (Å²) in [6.45, 7) is 5.81. The Morgan fingerprint density at radius 2 is 1.92 bits per heavy atom. The molecule has 138 valence electrons. The molecule has 1 unspecified atom stereocenters. The fourth-order valence-electron chi connectivity index (χ4n) is 2.26. The second-order valence-electron chi connectivity index (χ2n) is 6.35. The molecule has 0 aliphatic rings. The monoisotopic (exact) mass is 368 g/mol. The zero-order chi connectivity index (χ0) is 19.0.